The summed E-state index contributed by atoms with van der Waals surface area (Å²) in [6.07, 6.45) is 4.04. The van der Waals surface area contributed by atoms with Gasteiger partial charge in [-0.1, -0.05) is 19.8 Å². The topological polar surface area (TPSA) is 49.8 Å². The average molecular weight is 243 g/mol. The molecule has 4 heteroatoms. The Labute approximate surface area is 104 Å². The highest BCUT2D eigenvalue weighted by Gasteiger charge is 2.33. The van der Waals surface area contributed by atoms with Crippen molar-refractivity contribution >= 4 is 5.97 Å². The molecule has 0 aromatic rings. The van der Waals surface area contributed by atoms with Gasteiger partial charge in [-0.25, -0.2) is 0 Å². The molecular formula is C13H25NO3. The van der Waals surface area contributed by atoms with E-state index in [1.54, 1.807) is 0 Å². The standard InChI is InChI=1S/C13H25NO3/c1-3-14(9-10-17-4-2)12-8-6-5-7-11(12)13(15)16/h11-12H,3-10H2,1-2H3,(H,15,16). The first-order valence-electron chi connectivity index (χ1n) is 6.75. The summed E-state index contributed by atoms with van der Waals surface area (Å²) in [4.78, 5) is 13.5. The highest BCUT2D eigenvalue weighted by atomic mass is 16.5. The van der Waals surface area contributed by atoms with Gasteiger partial charge in [-0.15, -0.1) is 0 Å². The van der Waals surface area contributed by atoms with Crippen LogP contribution in [0.3, 0.4) is 0 Å². The van der Waals surface area contributed by atoms with Crippen molar-refractivity contribution in [1.29, 1.82) is 0 Å². The predicted octanol–water partition coefficient (Wildman–Crippen LogP) is 1.99. The Morgan fingerprint density at radius 1 is 1.35 bits per heavy atom. The van der Waals surface area contributed by atoms with Gasteiger partial charge in [-0.2, -0.15) is 0 Å². The van der Waals surface area contributed by atoms with Gasteiger partial charge in [0.25, 0.3) is 0 Å². The molecule has 0 aromatic heterocycles. The second-order valence-electron chi connectivity index (χ2n) is 4.62. The fraction of sp³-hybridized carbons (Fsp3) is 0.923. The molecule has 0 amide bonds. The van der Waals surface area contributed by atoms with E-state index in [9.17, 15) is 9.90 Å². The van der Waals surface area contributed by atoms with Gasteiger partial charge in [0, 0.05) is 19.2 Å². The van der Waals surface area contributed by atoms with E-state index in [4.69, 9.17) is 4.74 Å². The fourth-order valence-corrected chi connectivity index (χ4v) is 2.72. The van der Waals surface area contributed by atoms with Crippen molar-refractivity contribution in [2.45, 2.75) is 45.6 Å². The minimum atomic E-state index is -0.635. The minimum absolute atomic E-state index is 0.190. The SMILES string of the molecule is CCOCCN(CC)C1CCCCC1C(=O)O. The van der Waals surface area contributed by atoms with Gasteiger partial charge >= 0.3 is 5.97 Å². The first-order valence-corrected chi connectivity index (χ1v) is 6.75. The average Bonchev–Trinajstić information content (AvgIpc) is 2.35. The summed E-state index contributed by atoms with van der Waals surface area (Å²) in [6, 6.07) is 0.201. The van der Waals surface area contributed by atoms with Crippen LogP contribution in [0.5, 0.6) is 0 Å². The lowest BCUT2D eigenvalue weighted by Gasteiger charge is -2.37. The minimum Gasteiger partial charge on any atom is -0.481 e. The molecule has 4 nitrogen and oxygen atoms in total. The zero-order valence-electron chi connectivity index (χ0n) is 11.0. The maximum Gasteiger partial charge on any atom is 0.308 e. The molecule has 1 saturated carbocycles. The molecule has 0 spiro atoms. The van der Waals surface area contributed by atoms with Crippen LogP contribution in [0.2, 0.25) is 0 Å². The maximum atomic E-state index is 11.3. The van der Waals surface area contributed by atoms with E-state index >= 15 is 0 Å². The summed E-state index contributed by atoms with van der Waals surface area (Å²) in [7, 11) is 0. The number of ether oxygens (including phenoxy) is 1. The number of rotatable bonds is 7. The molecule has 1 rings (SSSR count). The van der Waals surface area contributed by atoms with Crippen molar-refractivity contribution in [3.8, 4) is 0 Å². The number of nitrogens with zero attached hydrogens (tertiary/aromatic N) is 1. The molecule has 0 aromatic carbocycles. The third-order valence-corrected chi connectivity index (χ3v) is 3.65. The number of hydrogen-bond donors (Lipinski definition) is 1. The van der Waals surface area contributed by atoms with Crippen molar-refractivity contribution in [3.05, 3.63) is 0 Å². The first kappa shape index (κ1) is 14.5. The van der Waals surface area contributed by atoms with Crippen molar-refractivity contribution in [3.63, 3.8) is 0 Å². The number of carbonyl (C=O) groups is 1. The first-order chi connectivity index (χ1) is 8.20. The van der Waals surface area contributed by atoms with Crippen LogP contribution < -0.4 is 0 Å². The number of likely N-dealkylation sites (N-methyl/N-ethyl adjacent to an activating group) is 1. The fourth-order valence-electron chi connectivity index (χ4n) is 2.72. The van der Waals surface area contributed by atoms with E-state index in [0.29, 0.717) is 6.61 Å². The van der Waals surface area contributed by atoms with Gasteiger partial charge in [0.15, 0.2) is 0 Å². The van der Waals surface area contributed by atoms with Gasteiger partial charge in [0.05, 0.1) is 12.5 Å². The summed E-state index contributed by atoms with van der Waals surface area (Å²) >= 11 is 0. The molecule has 1 aliphatic carbocycles. The quantitative estimate of drug-likeness (QED) is 0.695. The predicted molar refractivity (Wildman–Crippen MR) is 67.1 cm³/mol. The molecule has 100 valence electrons. The number of aliphatic carboxylic acids is 1. The van der Waals surface area contributed by atoms with E-state index < -0.39 is 5.97 Å². The van der Waals surface area contributed by atoms with Crippen LogP contribution in [0.4, 0.5) is 0 Å². The van der Waals surface area contributed by atoms with Gasteiger partial charge in [-0.05, 0) is 26.3 Å². The molecule has 1 aliphatic rings. The summed E-state index contributed by atoms with van der Waals surface area (Å²) in [5.41, 5.74) is 0. The highest BCUT2D eigenvalue weighted by molar-refractivity contribution is 5.71. The lowest BCUT2D eigenvalue weighted by Crippen LogP contribution is -2.46. The van der Waals surface area contributed by atoms with Crippen molar-refractivity contribution in [2.24, 2.45) is 5.92 Å². The Morgan fingerprint density at radius 2 is 2.06 bits per heavy atom. The second-order valence-corrected chi connectivity index (χ2v) is 4.62. The lowest BCUT2D eigenvalue weighted by atomic mass is 9.83. The van der Waals surface area contributed by atoms with E-state index in [-0.39, 0.29) is 12.0 Å². The summed E-state index contributed by atoms with van der Waals surface area (Å²) in [5.74, 6) is -0.824. The van der Waals surface area contributed by atoms with Crippen molar-refractivity contribution in [2.75, 3.05) is 26.3 Å². The van der Waals surface area contributed by atoms with Crippen LogP contribution in [-0.4, -0.2) is 48.3 Å². The molecule has 0 heterocycles. The summed E-state index contributed by atoms with van der Waals surface area (Å²) in [6.45, 7) is 7.26. The molecule has 2 unspecified atom stereocenters. The van der Waals surface area contributed by atoms with Gasteiger partial charge in [0.1, 0.15) is 0 Å². The van der Waals surface area contributed by atoms with E-state index in [0.717, 1.165) is 45.4 Å². The van der Waals surface area contributed by atoms with Crippen LogP contribution in [0, 0.1) is 5.92 Å². The third kappa shape index (κ3) is 4.28. The van der Waals surface area contributed by atoms with Crippen LogP contribution in [-0.2, 0) is 9.53 Å². The zero-order valence-corrected chi connectivity index (χ0v) is 11.0. The number of hydrogen-bond acceptors (Lipinski definition) is 3. The summed E-state index contributed by atoms with van der Waals surface area (Å²) < 4.78 is 5.36. The van der Waals surface area contributed by atoms with Gasteiger partial charge < -0.3 is 9.84 Å². The Hall–Kier alpha value is -0.610. The normalized spacial score (nSPS) is 25.1. The molecule has 1 N–H and O–H groups in total. The smallest absolute Gasteiger partial charge is 0.308 e. The zero-order chi connectivity index (χ0) is 12.7. The van der Waals surface area contributed by atoms with Crippen LogP contribution >= 0.6 is 0 Å². The Bertz CT molecular complexity index is 233. The molecule has 0 radical (unpaired) electrons. The van der Waals surface area contributed by atoms with Crippen LogP contribution in [0.1, 0.15) is 39.5 Å². The van der Waals surface area contributed by atoms with E-state index in [1.807, 2.05) is 6.92 Å². The Balaban J connectivity index is 2.54. The number of carboxylic acid groups (broad SMARTS) is 1. The molecule has 0 aliphatic heterocycles. The Morgan fingerprint density at radius 3 is 2.65 bits per heavy atom. The van der Waals surface area contributed by atoms with E-state index in [2.05, 4.69) is 11.8 Å². The largest absolute Gasteiger partial charge is 0.481 e. The Kier molecular flexibility index (Phi) is 6.52. The molecule has 1 fully saturated rings. The maximum absolute atomic E-state index is 11.3. The van der Waals surface area contributed by atoms with E-state index in [1.165, 1.54) is 0 Å². The molecule has 2 atom stereocenters. The molecule has 0 bridgehead atoms. The monoisotopic (exact) mass is 243 g/mol. The van der Waals surface area contributed by atoms with Gasteiger partial charge in [-0.3, -0.25) is 9.69 Å². The van der Waals surface area contributed by atoms with Crippen LogP contribution in [0.25, 0.3) is 0 Å². The van der Waals surface area contributed by atoms with Crippen molar-refractivity contribution < 1.29 is 14.6 Å². The highest BCUT2D eigenvalue weighted by Crippen LogP contribution is 2.28. The molecule has 0 saturated heterocycles. The summed E-state index contributed by atoms with van der Waals surface area (Å²) in [5, 5.41) is 9.27. The third-order valence-electron chi connectivity index (χ3n) is 3.65. The van der Waals surface area contributed by atoms with Crippen molar-refractivity contribution in [1.82, 2.24) is 4.90 Å². The number of carboxylic acids is 1. The second kappa shape index (κ2) is 7.67. The van der Waals surface area contributed by atoms with Gasteiger partial charge in [0.2, 0.25) is 0 Å². The molecule has 17 heavy (non-hydrogen) atoms. The van der Waals surface area contributed by atoms with Crippen LogP contribution in [0.15, 0.2) is 0 Å². The lowest BCUT2D eigenvalue weighted by molar-refractivity contribution is -0.145. The molecular weight excluding hydrogens is 218 g/mol.